The highest BCUT2D eigenvalue weighted by Crippen LogP contribution is 2.24. The van der Waals surface area contributed by atoms with Crippen LogP contribution < -0.4 is 10.5 Å². The second-order valence-corrected chi connectivity index (χ2v) is 6.95. The van der Waals surface area contributed by atoms with Crippen LogP contribution >= 0.6 is 0 Å². The highest BCUT2D eigenvalue weighted by Gasteiger charge is 2.18. The van der Waals surface area contributed by atoms with Crippen molar-refractivity contribution >= 4 is 10.0 Å². The SMILES string of the molecule is CCCC(N)CNS(=O)(=O)c1ccc2c(c1)CCC2. The molecule has 1 aromatic rings. The van der Waals surface area contributed by atoms with Crippen LogP contribution in [-0.4, -0.2) is 21.0 Å². The van der Waals surface area contributed by atoms with Crippen LogP contribution in [0.4, 0.5) is 0 Å². The maximum atomic E-state index is 12.2. The van der Waals surface area contributed by atoms with Crippen LogP contribution in [0, 0.1) is 0 Å². The Bertz CT molecular complexity index is 540. The minimum Gasteiger partial charge on any atom is -0.327 e. The first kappa shape index (κ1) is 14.5. The van der Waals surface area contributed by atoms with Crippen LogP contribution in [0.1, 0.15) is 37.3 Å². The molecule has 1 unspecified atom stereocenters. The Balaban J connectivity index is 2.07. The van der Waals surface area contributed by atoms with Crippen LogP contribution in [0.25, 0.3) is 0 Å². The van der Waals surface area contributed by atoms with Gasteiger partial charge in [-0.05, 0) is 48.9 Å². The summed E-state index contributed by atoms with van der Waals surface area (Å²) in [4.78, 5) is 0.358. The summed E-state index contributed by atoms with van der Waals surface area (Å²) >= 11 is 0. The van der Waals surface area contributed by atoms with Gasteiger partial charge >= 0.3 is 0 Å². The molecule has 0 radical (unpaired) electrons. The Hall–Kier alpha value is -0.910. The second kappa shape index (κ2) is 6.03. The van der Waals surface area contributed by atoms with Crippen LogP contribution in [0.2, 0.25) is 0 Å². The fourth-order valence-electron chi connectivity index (χ4n) is 2.49. The number of aryl methyl sites for hydroxylation is 2. The van der Waals surface area contributed by atoms with Crippen LogP contribution in [0.15, 0.2) is 23.1 Å². The lowest BCUT2D eigenvalue weighted by molar-refractivity contribution is 0.552. The van der Waals surface area contributed by atoms with E-state index in [4.69, 9.17) is 5.73 Å². The van der Waals surface area contributed by atoms with E-state index in [2.05, 4.69) is 4.72 Å². The molecule has 1 aromatic carbocycles. The highest BCUT2D eigenvalue weighted by molar-refractivity contribution is 7.89. The number of rotatable bonds is 6. The summed E-state index contributed by atoms with van der Waals surface area (Å²) in [7, 11) is -3.43. The normalized spacial score (nSPS) is 16.3. The maximum absolute atomic E-state index is 12.2. The van der Waals surface area contributed by atoms with Gasteiger partial charge in [0.15, 0.2) is 0 Å². The van der Waals surface area contributed by atoms with E-state index in [1.165, 1.54) is 11.1 Å². The van der Waals surface area contributed by atoms with Crippen molar-refractivity contribution in [2.24, 2.45) is 5.73 Å². The van der Waals surface area contributed by atoms with Crippen molar-refractivity contribution in [3.8, 4) is 0 Å². The van der Waals surface area contributed by atoms with Crippen molar-refractivity contribution in [2.75, 3.05) is 6.54 Å². The van der Waals surface area contributed by atoms with E-state index in [1.807, 2.05) is 13.0 Å². The fraction of sp³-hybridized carbons (Fsp3) is 0.571. The molecule has 1 atom stereocenters. The maximum Gasteiger partial charge on any atom is 0.240 e. The molecule has 0 amide bonds. The molecular formula is C14H22N2O2S. The third-order valence-corrected chi connectivity index (χ3v) is 5.00. The van der Waals surface area contributed by atoms with Gasteiger partial charge in [0.05, 0.1) is 4.90 Å². The topological polar surface area (TPSA) is 72.2 Å². The molecule has 1 aliphatic rings. The lowest BCUT2D eigenvalue weighted by Crippen LogP contribution is -2.37. The first-order valence-corrected chi connectivity index (χ1v) is 8.38. The van der Waals surface area contributed by atoms with Crippen molar-refractivity contribution < 1.29 is 8.42 Å². The summed E-state index contributed by atoms with van der Waals surface area (Å²) in [5.74, 6) is 0. The molecule has 19 heavy (non-hydrogen) atoms. The van der Waals surface area contributed by atoms with E-state index in [1.54, 1.807) is 12.1 Å². The highest BCUT2D eigenvalue weighted by atomic mass is 32.2. The van der Waals surface area contributed by atoms with Crippen molar-refractivity contribution in [3.05, 3.63) is 29.3 Å². The van der Waals surface area contributed by atoms with Gasteiger partial charge in [-0.2, -0.15) is 0 Å². The molecule has 5 heteroatoms. The summed E-state index contributed by atoms with van der Waals surface area (Å²) < 4.78 is 26.9. The number of fused-ring (bicyclic) bond motifs is 1. The average Bonchev–Trinajstić information content (AvgIpc) is 2.84. The van der Waals surface area contributed by atoms with Gasteiger partial charge in [0.25, 0.3) is 0 Å². The zero-order valence-corrected chi connectivity index (χ0v) is 12.2. The molecule has 4 nitrogen and oxygen atoms in total. The van der Waals surface area contributed by atoms with E-state index in [0.717, 1.165) is 32.1 Å². The quantitative estimate of drug-likeness (QED) is 0.832. The van der Waals surface area contributed by atoms with Gasteiger partial charge in [0.1, 0.15) is 0 Å². The summed E-state index contributed by atoms with van der Waals surface area (Å²) in [5, 5.41) is 0. The standard InChI is InChI=1S/C14H22N2O2S/c1-2-4-13(15)10-16-19(17,18)14-8-7-11-5-3-6-12(11)9-14/h7-9,13,16H,2-6,10,15H2,1H3. The Kier molecular flexibility index (Phi) is 4.60. The fourth-order valence-corrected chi connectivity index (χ4v) is 3.63. The second-order valence-electron chi connectivity index (χ2n) is 5.18. The van der Waals surface area contributed by atoms with Gasteiger partial charge in [-0.25, -0.2) is 13.1 Å². The summed E-state index contributed by atoms with van der Waals surface area (Å²) in [5.41, 5.74) is 8.28. The van der Waals surface area contributed by atoms with Crippen molar-refractivity contribution in [3.63, 3.8) is 0 Å². The van der Waals surface area contributed by atoms with E-state index in [-0.39, 0.29) is 6.04 Å². The third-order valence-electron chi connectivity index (χ3n) is 3.58. The van der Waals surface area contributed by atoms with Gasteiger partial charge in [-0.15, -0.1) is 0 Å². The molecule has 0 aliphatic heterocycles. The molecule has 1 aliphatic carbocycles. The number of nitrogens with one attached hydrogen (secondary N) is 1. The first-order valence-electron chi connectivity index (χ1n) is 6.90. The monoisotopic (exact) mass is 282 g/mol. The Morgan fingerprint density at radius 2 is 2.05 bits per heavy atom. The number of benzene rings is 1. The predicted octanol–water partition coefficient (Wildman–Crippen LogP) is 1.58. The third kappa shape index (κ3) is 3.55. The van der Waals surface area contributed by atoms with Crippen molar-refractivity contribution in [1.82, 2.24) is 4.72 Å². The Labute approximate surface area is 115 Å². The minimum atomic E-state index is -3.43. The minimum absolute atomic E-state index is 0.116. The van der Waals surface area contributed by atoms with Crippen LogP contribution in [-0.2, 0) is 22.9 Å². The molecule has 106 valence electrons. The van der Waals surface area contributed by atoms with Crippen molar-refractivity contribution in [2.45, 2.75) is 50.0 Å². The van der Waals surface area contributed by atoms with Crippen LogP contribution in [0.3, 0.4) is 0 Å². The van der Waals surface area contributed by atoms with Gasteiger partial charge < -0.3 is 5.73 Å². The zero-order valence-electron chi connectivity index (χ0n) is 11.4. The van der Waals surface area contributed by atoms with E-state index in [0.29, 0.717) is 11.4 Å². The number of hydrogen-bond acceptors (Lipinski definition) is 3. The molecule has 2 rings (SSSR count). The summed E-state index contributed by atoms with van der Waals surface area (Å²) in [6.07, 6.45) is 4.95. The van der Waals surface area contributed by atoms with Gasteiger partial charge in [0, 0.05) is 12.6 Å². The number of nitrogens with two attached hydrogens (primary N) is 1. The van der Waals surface area contributed by atoms with E-state index in [9.17, 15) is 8.42 Å². The zero-order chi connectivity index (χ0) is 13.9. The molecule has 0 heterocycles. The van der Waals surface area contributed by atoms with Gasteiger partial charge in [0.2, 0.25) is 10.0 Å². The Morgan fingerprint density at radius 1 is 1.32 bits per heavy atom. The number of sulfonamides is 1. The van der Waals surface area contributed by atoms with Crippen LogP contribution in [0.5, 0.6) is 0 Å². The predicted molar refractivity (Wildman–Crippen MR) is 76.5 cm³/mol. The van der Waals surface area contributed by atoms with Crippen molar-refractivity contribution in [1.29, 1.82) is 0 Å². The lowest BCUT2D eigenvalue weighted by Gasteiger charge is -2.12. The molecule has 0 saturated carbocycles. The van der Waals surface area contributed by atoms with E-state index >= 15 is 0 Å². The first-order chi connectivity index (χ1) is 9.03. The molecule has 0 spiro atoms. The molecule has 0 fully saturated rings. The smallest absolute Gasteiger partial charge is 0.240 e. The van der Waals surface area contributed by atoms with Gasteiger partial charge in [-0.3, -0.25) is 0 Å². The average molecular weight is 282 g/mol. The molecule has 0 aromatic heterocycles. The molecule has 3 N–H and O–H groups in total. The molecular weight excluding hydrogens is 260 g/mol. The Morgan fingerprint density at radius 3 is 2.79 bits per heavy atom. The van der Waals surface area contributed by atoms with Gasteiger partial charge in [-0.1, -0.05) is 19.4 Å². The molecule has 0 bridgehead atoms. The van der Waals surface area contributed by atoms with E-state index < -0.39 is 10.0 Å². The number of hydrogen-bond donors (Lipinski definition) is 2. The summed E-state index contributed by atoms with van der Waals surface area (Å²) in [6.45, 7) is 2.34. The lowest BCUT2D eigenvalue weighted by atomic mass is 10.1. The largest absolute Gasteiger partial charge is 0.327 e. The molecule has 0 saturated heterocycles. The summed E-state index contributed by atoms with van der Waals surface area (Å²) in [6, 6.07) is 5.31.